The molecule has 0 aliphatic heterocycles. The number of rotatable bonds is 10. The first-order chi connectivity index (χ1) is 10.8. The SMILES string of the molecule is Cc1cc(OC[C@@H](O)C[NH2+]CCC[NH+](C)C)c(C(C)C)cc1Cl. The van der Waals surface area contributed by atoms with Crippen molar-refractivity contribution in [2.75, 3.05) is 40.3 Å². The number of aliphatic hydroxyl groups excluding tert-OH is 1. The molecule has 0 radical (unpaired) electrons. The van der Waals surface area contributed by atoms with Crippen molar-refractivity contribution in [1.29, 1.82) is 0 Å². The predicted molar refractivity (Wildman–Crippen MR) is 95.7 cm³/mol. The van der Waals surface area contributed by atoms with Crippen molar-refractivity contribution in [2.24, 2.45) is 0 Å². The molecule has 0 spiro atoms. The number of aliphatic hydroxyl groups is 1. The molecule has 4 N–H and O–H groups in total. The Kier molecular flexibility index (Phi) is 8.92. The van der Waals surface area contributed by atoms with Crippen LogP contribution in [0.15, 0.2) is 12.1 Å². The van der Waals surface area contributed by atoms with Gasteiger partial charge in [-0.3, -0.25) is 0 Å². The zero-order chi connectivity index (χ0) is 17.4. The maximum Gasteiger partial charge on any atom is 0.137 e. The van der Waals surface area contributed by atoms with Crippen LogP contribution in [0.2, 0.25) is 5.02 Å². The van der Waals surface area contributed by atoms with E-state index in [-0.39, 0.29) is 0 Å². The Labute approximate surface area is 145 Å². The zero-order valence-corrected chi connectivity index (χ0v) is 15.9. The van der Waals surface area contributed by atoms with Gasteiger partial charge in [0.05, 0.1) is 27.2 Å². The molecule has 1 aromatic carbocycles. The number of aryl methyl sites for hydroxylation is 1. The third-order valence-electron chi connectivity index (χ3n) is 3.87. The lowest BCUT2D eigenvalue weighted by Gasteiger charge is -2.17. The summed E-state index contributed by atoms with van der Waals surface area (Å²) in [6.07, 6.45) is 0.696. The van der Waals surface area contributed by atoms with Crippen LogP contribution < -0.4 is 15.0 Å². The Balaban J connectivity index is 2.43. The molecule has 0 saturated carbocycles. The van der Waals surface area contributed by atoms with Gasteiger partial charge in [0.2, 0.25) is 0 Å². The van der Waals surface area contributed by atoms with Crippen molar-refractivity contribution >= 4 is 11.6 Å². The fourth-order valence-electron chi connectivity index (χ4n) is 2.41. The lowest BCUT2D eigenvalue weighted by atomic mass is 10.0. The first kappa shape index (κ1) is 20.2. The molecule has 0 saturated heterocycles. The summed E-state index contributed by atoms with van der Waals surface area (Å²) in [7, 11) is 4.31. The molecule has 1 atom stereocenters. The minimum absolute atomic E-state index is 0.316. The minimum atomic E-state index is -0.460. The van der Waals surface area contributed by atoms with Crippen molar-refractivity contribution in [3.8, 4) is 5.75 Å². The van der Waals surface area contributed by atoms with Crippen LogP contribution >= 0.6 is 11.6 Å². The third-order valence-corrected chi connectivity index (χ3v) is 4.28. The van der Waals surface area contributed by atoms with Gasteiger partial charge in [0.25, 0.3) is 0 Å². The van der Waals surface area contributed by atoms with Gasteiger partial charge in [0.15, 0.2) is 0 Å². The van der Waals surface area contributed by atoms with E-state index < -0.39 is 6.10 Å². The van der Waals surface area contributed by atoms with Gasteiger partial charge in [-0.25, -0.2) is 0 Å². The summed E-state index contributed by atoms with van der Waals surface area (Å²) in [5.74, 6) is 1.16. The van der Waals surface area contributed by atoms with Gasteiger partial charge in [-0.15, -0.1) is 0 Å². The number of ether oxygens (including phenoxy) is 1. The van der Waals surface area contributed by atoms with Crippen molar-refractivity contribution in [3.05, 3.63) is 28.3 Å². The molecule has 0 aliphatic rings. The molecule has 0 fully saturated rings. The quantitative estimate of drug-likeness (QED) is 0.545. The van der Waals surface area contributed by atoms with Gasteiger partial charge >= 0.3 is 0 Å². The number of halogens is 1. The summed E-state index contributed by atoms with van der Waals surface area (Å²) in [5, 5.41) is 13.0. The first-order valence-corrected chi connectivity index (χ1v) is 8.90. The predicted octanol–water partition coefficient (Wildman–Crippen LogP) is 0.610. The average molecular weight is 345 g/mol. The van der Waals surface area contributed by atoms with Gasteiger partial charge < -0.3 is 20.1 Å². The van der Waals surface area contributed by atoms with Gasteiger partial charge in [0, 0.05) is 11.4 Å². The molecule has 4 nitrogen and oxygen atoms in total. The number of nitrogens with two attached hydrogens (primary N) is 1. The molecule has 5 heteroatoms. The van der Waals surface area contributed by atoms with Crippen LogP contribution in [0, 0.1) is 6.92 Å². The molecular formula is C18H33ClN2O2+2. The number of benzene rings is 1. The maximum atomic E-state index is 10.1. The minimum Gasteiger partial charge on any atom is -0.490 e. The molecule has 0 heterocycles. The van der Waals surface area contributed by atoms with E-state index in [2.05, 4.69) is 33.3 Å². The lowest BCUT2D eigenvalue weighted by molar-refractivity contribution is -0.860. The van der Waals surface area contributed by atoms with Gasteiger partial charge in [0.1, 0.15) is 25.0 Å². The van der Waals surface area contributed by atoms with Crippen LogP contribution in [-0.2, 0) is 0 Å². The average Bonchev–Trinajstić information content (AvgIpc) is 2.47. The highest BCUT2D eigenvalue weighted by Gasteiger charge is 2.14. The Morgan fingerprint density at radius 2 is 2.00 bits per heavy atom. The second-order valence-electron chi connectivity index (χ2n) is 6.88. The van der Waals surface area contributed by atoms with Crippen molar-refractivity contribution in [2.45, 2.75) is 39.2 Å². The van der Waals surface area contributed by atoms with E-state index >= 15 is 0 Å². The van der Waals surface area contributed by atoms with Crippen molar-refractivity contribution < 1.29 is 20.1 Å². The van der Waals surface area contributed by atoms with Crippen LogP contribution in [0.1, 0.15) is 37.3 Å². The van der Waals surface area contributed by atoms with E-state index in [0.29, 0.717) is 19.1 Å². The second kappa shape index (κ2) is 10.1. The number of nitrogens with one attached hydrogen (secondary N) is 1. The van der Waals surface area contributed by atoms with Gasteiger partial charge in [-0.1, -0.05) is 25.4 Å². The Bertz CT molecular complexity index is 478. The highest BCUT2D eigenvalue weighted by molar-refractivity contribution is 6.31. The summed E-state index contributed by atoms with van der Waals surface area (Å²) >= 11 is 6.20. The van der Waals surface area contributed by atoms with Crippen molar-refractivity contribution in [3.63, 3.8) is 0 Å². The number of hydrogen-bond acceptors (Lipinski definition) is 2. The normalized spacial score (nSPS) is 12.9. The monoisotopic (exact) mass is 344 g/mol. The van der Waals surface area contributed by atoms with Crippen LogP contribution in [0.4, 0.5) is 0 Å². The second-order valence-corrected chi connectivity index (χ2v) is 7.29. The molecule has 0 bridgehead atoms. The van der Waals surface area contributed by atoms with E-state index in [4.69, 9.17) is 16.3 Å². The third kappa shape index (κ3) is 7.53. The van der Waals surface area contributed by atoms with E-state index in [1.807, 2.05) is 19.1 Å². The molecule has 1 aromatic rings. The number of quaternary nitrogens is 2. The summed E-state index contributed by atoms with van der Waals surface area (Å²) < 4.78 is 5.86. The molecule has 132 valence electrons. The summed E-state index contributed by atoms with van der Waals surface area (Å²) in [5.41, 5.74) is 2.09. The molecule has 1 rings (SSSR count). The summed E-state index contributed by atoms with van der Waals surface area (Å²) in [4.78, 5) is 1.46. The molecule has 23 heavy (non-hydrogen) atoms. The number of hydrogen-bond donors (Lipinski definition) is 3. The largest absolute Gasteiger partial charge is 0.490 e. The smallest absolute Gasteiger partial charge is 0.137 e. The van der Waals surface area contributed by atoms with E-state index in [1.54, 1.807) is 0 Å². The molecule has 0 aliphatic carbocycles. The highest BCUT2D eigenvalue weighted by atomic mass is 35.5. The van der Waals surface area contributed by atoms with Crippen LogP contribution in [0.25, 0.3) is 0 Å². The molecule has 0 unspecified atom stereocenters. The Morgan fingerprint density at radius 3 is 2.61 bits per heavy atom. The van der Waals surface area contributed by atoms with Crippen LogP contribution in [-0.4, -0.2) is 51.5 Å². The van der Waals surface area contributed by atoms with Gasteiger partial charge in [-0.05, 0) is 36.1 Å². The Morgan fingerprint density at radius 1 is 1.30 bits per heavy atom. The topological polar surface area (TPSA) is 50.5 Å². The Hall–Kier alpha value is -0.810. The van der Waals surface area contributed by atoms with Crippen LogP contribution in [0.5, 0.6) is 5.75 Å². The van der Waals surface area contributed by atoms with E-state index in [0.717, 1.165) is 41.4 Å². The van der Waals surface area contributed by atoms with Gasteiger partial charge in [-0.2, -0.15) is 0 Å². The highest BCUT2D eigenvalue weighted by Crippen LogP contribution is 2.32. The van der Waals surface area contributed by atoms with E-state index in [1.165, 1.54) is 4.90 Å². The van der Waals surface area contributed by atoms with Crippen molar-refractivity contribution in [1.82, 2.24) is 0 Å². The molecular weight excluding hydrogens is 312 g/mol. The fourth-order valence-corrected chi connectivity index (χ4v) is 2.58. The standard InChI is InChI=1S/C18H31ClN2O2/c1-13(2)16-10-17(19)14(3)9-18(16)23-12-15(22)11-20-7-6-8-21(4)5/h9-10,13,15,20,22H,6-8,11-12H2,1-5H3/p+2/t15-/m0/s1. The first-order valence-electron chi connectivity index (χ1n) is 8.52. The molecule has 0 amide bonds. The summed E-state index contributed by atoms with van der Waals surface area (Å²) in [6.45, 7) is 9.39. The lowest BCUT2D eigenvalue weighted by Crippen LogP contribution is -3.06. The summed E-state index contributed by atoms with van der Waals surface area (Å²) in [6, 6.07) is 3.94. The van der Waals surface area contributed by atoms with E-state index in [9.17, 15) is 5.11 Å². The maximum absolute atomic E-state index is 10.1. The fraction of sp³-hybridized carbons (Fsp3) is 0.667. The molecule has 0 aromatic heterocycles. The van der Waals surface area contributed by atoms with Crippen LogP contribution in [0.3, 0.4) is 0 Å². The zero-order valence-electron chi connectivity index (χ0n) is 15.2.